The molecule has 1 saturated heterocycles. The summed E-state index contributed by atoms with van der Waals surface area (Å²) in [6.07, 6.45) is 3.67. The van der Waals surface area contributed by atoms with Crippen LogP contribution in [0.3, 0.4) is 0 Å². The highest BCUT2D eigenvalue weighted by molar-refractivity contribution is 7.89. The predicted molar refractivity (Wildman–Crippen MR) is 65.8 cm³/mol. The van der Waals surface area contributed by atoms with Crippen molar-refractivity contribution >= 4 is 15.7 Å². The molecule has 2 heterocycles. The lowest BCUT2D eigenvalue weighted by atomic mass is 9.93. The number of nitrogens with zero attached hydrogens (tertiary/aromatic N) is 2. The fourth-order valence-electron chi connectivity index (χ4n) is 2.01. The van der Waals surface area contributed by atoms with Gasteiger partial charge < -0.3 is 5.73 Å². The molecule has 1 aliphatic heterocycles. The van der Waals surface area contributed by atoms with Gasteiger partial charge in [0.1, 0.15) is 4.90 Å². The molecule has 0 unspecified atom stereocenters. The van der Waals surface area contributed by atoms with Crippen molar-refractivity contribution < 1.29 is 8.42 Å². The average Bonchev–Trinajstić information content (AvgIpc) is 2.60. The zero-order valence-corrected chi connectivity index (χ0v) is 10.9. The number of nitrogen functional groups attached to an aromatic ring is 1. The van der Waals surface area contributed by atoms with E-state index in [1.54, 1.807) is 0 Å². The van der Waals surface area contributed by atoms with Gasteiger partial charge in [0.25, 0.3) is 0 Å². The van der Waals surface area contributed by atoms with Gasteiger partial charge in [0.05, 0.1) is 5.69 Å². The number of pyridine rings is 1. The highest BCUT2D eigenvalue weighted by Gasteiger charge is 2.37. The van der Waals surface area contributed by atoms with Crippen molar-refractivity contribution in [2.45, 2.75) is 25.2 Å². The van der Waals surface area contributed by atoms with E-state index in [0.717, 1.165) is 6.42 Å². The normalized spacial score (nSPS) is 20.6. The molecule has 1 aromatic heterocycles. The van der Waals surface area contributed by atoms with Gasteiger partial charge in [-0.25, -0.2) is 8.42 Å². The monoisotopic (exact) mass is 255 g/mol. The summed E-state index contributed by atoms with van der Waals surface area (Å²) in [7, 11) is -3.49. The van der Waals surface area contributed by atoms with Crippen LogP contribution in [0.4, 0.5) is 5.69 Å². The van der Waals surface area contributed by atoms with Crippen molar-refractivity contribution in [1.29, 1.82) is 0 Å². The second-order valence-electron chi connectivity index (χ2n) is 5.17. The van der Waals surface area contributed by atoms with Crippen LogP contribution in [0.15, 0.2) is 23.4 Å². The number of nitrogens with two attached hydrogens (primary N) is 1. The lowest BCUT2D eigenvalue weighted by molar-refractivity contribution is 0.375. The molecule has 1 fully saturated rings. The van der Waals surface area contributed by atoms with Gasteiger partial charge in [-0.2, -0.15) is 4.31 Å². The van der Waals surface area contributed by atoms with Crippen molar-refractivity contribution in [2.75, 3.05) is 18.8 Å². The molecule has 5 nitrogen and oxygen atoms in total. The van der Waals surface area contributed by atoms with E-state index in [0.29, 0.717) is 13.1 Å². The maximum absolute atomic E-state index is 12.3. The Morgan fingerprint density at radius 2 is 2.18 bits per heavy atom. The summed E-state index contributed by atoms with van der Waals surface area (Å²) in [6, 6.07) is 1.51. The number of hydrogen-bond acceptors (Lipinski definition) is 4. The summed E-state index contributed by atoms with van der Waals surface area (Å²) in [4.78, 5) is 3.94. The van der Waals surface area contributed by atoms with E-state index in [1.807, 2.05) is 0 Å². The van der Waals surface area contributed by atoms with Crippen molar-refractivity contribution in [3.8, 4) is 0 Å². The zero-order valence-electron chi connectivity index (χ0n) is 10.0. The highest BCUT2D eigenvalue weighted by atomic mass is 32.2. The van der Waals surface area contributed by atoms with Crippen LogP contribution in [0.5, 0.6) is 0 Å². The Balaban J connectivity index is 2.36. The van der Waals surface area contributed by atoms with E-state index in [4.69, 9.17) is 5.73 Å². The van der Waals surface area contributed by atoms with E-state index in [1.165, 1.54) is 22.8 Å². The molecule has 0 saturated carbocycles. The summed E-state index contributed by atoms with van der Waals surface area (Å²) in [5, 5.41) is 0. The van der Waals surface area contributed by atoms with Crippen LogP contribution in [0.2, 0.25) is 0 Å². The van der Waals surface area contributed by atoms with E-state index in [-0.39, 0.29) is 16.0 Å². The van der Waals surface area contributed by atoms with E-state index in [9.17, 15) is 8.42 Å². The summed E-state index contributed by atoms with van der Waals surface area (Å²) in [5.41, 5.74) is 5.98. The molecule has 0 amide bonds. The molecule has 6 heteroatoms. The summed E-state index contributed by atoms with van der Waals surface area (Å²) < 4.78 is 26.2. The fourth-order valence-corrected chi connectivity index (χ4v) is 3.70. The maximum Gasteiger partial charge on any atom is 0.246 e. The first kappa shape index (κ1) is 12.3. The molecule has 1 aromatic rings. The second kappa shape index (κ2) is 3.96. The van der Waals surface area contributed by atoms with E-state index in [2.05, 4.69) is 18.8 Å². The van der Waals surface area contributed by atoms with Crippen molar-refractivity contribution in [2.24, 2.45) is 5.41 Å². The molecular formula is C11H17N3O2S. The van der Waals surface area contributed by atoms with Gasteiger partial charge >= 0.3 is 0 Å². The third-order valence-corrected chi connectivity index (χ3v) is 4.97. The highest BCUT2D eigenvalue weighted by Crippen LogP contribution is 2.33. The molecule has 94 valence electrons. The van der Waals surface area contributed by atoms with Crippen molar-refractivity contribution in [1.82, 2.24) is 9.29 Å². The molecule has 0 aromatic carbocycles. The van der Waals surface area contributed by atoms with Crippen molar-refractivity contribution in [3.63, 3.8) is 0 Å². The van der Waals surface area contributed by atoms with Crippen LogP contribution in [-0.2, 0) is 10.0 Å². The quantitative estimate of drug-likeness (QED) is 0.858. The first-order valence-electron chi connectivity index (χ1n) is 5.53. The van der Waals surface area contributed by atoms with Crippen LogP contribution in [0, 0.1) is 5.41 Å². The number of rotatable bonds is 2. The van der Waals surface area contributed by atoms with Crippen LogP contribution < -0.4 is 5.73 Å². The standard InChI is InChI=1S/C11H17N3O2S/c1-11(2)4-6-14(8-11)17(15,16)10-7-13-5-3-9(10)12/h3,5,7H,4,6,8H2,1-2H3,(H2,12,13). The smallest absolute Gasteiger partial charge is 0.246 e. The lowest BCUT2D eigenvalue weighted by Crippen LogP contribution is -2.31. The molecule has 0 bridgehead atoms. The van der Waals surface area contributed by atoms with E-state index < -0.39 is 10.0 Å². The Kier molecular flexibility index (Phi) is 2.87. The Bertz CT molecular complexity index is 525. The van der Waals surface area contributed by atoms with E-state index >= 15 is 0 Å². The van der Waals surface area contributed by atoms with Crippen molar-refractivity contribution in [3.05, 3.63) is 18.5 Å². The number of sulfonamides is 1. The van der Waals surface area contributed by atoms with Gasteiger partial charge in [-0.3, -0.25) is 4.98 Å². The van der Waals surface area contributed by atoms with Crippen LogP contribution in [0.1, 0.15) is 20.3 Å². The zero-order chi connectivity index (χ0) is 12.7. The Labute approximate surface area is 102 Å². The molecule has 0 spiro atoms. The third-order valence-electron chi connectivity index (χ3n) is 3.08. The molecule has 2 rings (SSSR count). The van der Waals surface area contributed by atoms with Crippen LogP contribution >= 0.6 is 0 Å². The number of anilines is 1. The minimum Gasteiger partial charge on any atom is -0.398 e. The molecule has 1 aliphatic rings. The first-order chi connectivity index (χ1) is 7.83. The van der Waals surface area contributed by atoms with Gasteiger partial charge in [0, 0.05) is 25.5 Å². The Hall–Kier alpha value is -1.14. The molecule has 2 N–H and O–H groups in total. The number of aromatic nitrogens is 1. The first-order valence-corrected chi connectivity index (χ1v) is 6.97. The summed E-state index contributed by atoms with van der Waals surface area (Å²) in [5.74, 6) is 0. The summed E-state index contributed by atoms with van der Waals surface area (Å²) >= 11 is 0. The average molecular weight is 255 g/mol. The molecule has 17 heavy (non-hydrogen) atoms. The minimum atomic E-state index is -3.49. The molecular weight excluding hydrogens is 238 g/mol. The van der Waals surface area contributed by atoms with Gasteiger partial charge in [-0.05, 0) is 17.9 Å². The summed E-state index contributed by atoms with van der Waals surface area (Å²) in [6.45, 7) is 5.21. The molecule has 0 aliphatic carbocycles. The second-order valence-corrected chi connectivity index (χ2v) is 7.07. The largest absolute Gasteiger partial charge is 0.398 e. The lowest BCUT2D eigenvalue weighted by Gasteiger charge is -2.20. The third kappa shape index (κ3) is 2.28. The molecule has 0 atom stereocenters. The van der Waals surface area contributed by atoms with Crippen LogP contribution in [-0.4, -0.2) is 30.8 Å². The van der Waals surface area contributed by atoms with Crippen LogP contribution in [0.25, 0.3) is 0 Å². The van der Waals surface area contributed by atoms with Gasteiger partial charge in [0.15, 0.2) is 0 Å². The SMILES string of the molecule is CC1(C)CCN(S(=O)(=O)c2cnccc2N)C1. The van der Waals surface area contributed by atoms with Gasteiger partial charge in [0.2, 0.25) is 10.0 Å². The predicted octanol–water partition coefficient (Wildman–Crippen LogP) is 1.08. The minimum absolute atomic E-state index is 0.0318. The van der Waals surface area contributed by atoms with Gasteiger partial charge in [-0.1, -0.05) is 13.8 Å². The Morgan fingerprint density at radius 1 is 1.47 bits per heavy atom. The number of hydrogen-bond donors (Lipinski definition) is 1. The fraction of sp³-hybridized carbons (Fsp3) is 0.545. The topological polar surface area (TPSA) is 76.3 Å². The maximum atomic E-state index is 12.3. The molecule has 0 radical (unpaired) electrons. The Morgan fingerprint density at radius 3 is 2.71 bits per heavy atom. The van der Waals surface area contributed by atoms with Gasteiger partial charge in [-0.15, -0.1) is 0 Å².